The number of benzene rings is 1. The summed E-state index contributed by atoms with van der Waals surface area (Å²) in [5.41, 5.74) is 3.14. The molecule has 1 aromatic heterocycles. The maximum atomic E-state index is 9.06. The van der Waals surface area contributed by atoms with E-state index >= 15 is 0 Å². The minimum absolute atomic E-state index is 0.113. The molecule has 4 heteroatoms. The first kappa shape index (κ1) is 12.8. The normalized spacial score (nSPS) is 10.9. The summed E-state index contributed by atoms with van der Waals surface area (Å²) in [4.78, 5) is 11.1. The third-order valence-corrected chi connectivity index (χ3v) is 3.07. The van der Waals surface area contributed by atoms with Crippen LogP contribution in [0.1, 0.15) is 18.2 Å². The topological polar surface area (TPSA) is 49.2 Å². The van der Waals surface area contributed by atoms with Crippen LogP contribution in [0.5, 0.6) is 0 Å². The first-order valence-electron chi connectivity index (χ1n) is 6.26. The summed E-state index contributed by atoms with van der Waals surface area (Å²) in [5.74, 6) is 0.696. The second kappa shape index (κ2) is 5.31. The number of nitrogens with zero attached hydrogens (tertiary/aromatic N) is 3. The fourth-order valence-electron chi connectivity index (χ4n) is 2.04. The molecule has 0 aliphatic heterocycles. The molecule has 0 bridgehead atoms. The molecular formula is C14H19N3O. The fraction of sp³-hybridized carbons (Fsp3) is 0.429. The standard InChI is InChI=1S/C14H19N3O/c1-4-17(7-8-18)14-15-11(3)12-6-5-10(2)9-13(12)16-14/h5-6,9,18H,4,7-8H2,1-3H3. The molecule has 0 saturated carbocycles. The van der Waals surface area contributed by atoms with Gasteiger partial charge in [0.1, 0.15) is 0 Å². The second-order valence-corrected chi connectivity index (χ2v) is 4.43. The number of rotatable bonds is 4. The Morgan fingerprint density at radius 2 is 2.00 bits per heavy atom. The third kappa shape index (κ3) is 2.43. The van der Waals surface area contributed by atoms with Crippen LogP contribution in [0.3, 0.4) is 0 Å². The molecular weight excluding hydrogens is 226 g/mol. The molecule has 0 amide bonds. The Morgan fingerprint density at radius 3 is 2.67 bits per heavy atom. The number of likely N-dealkylation sites (N-methyl/N-ethyl adjacent to an activating group) is 1. The lowest BCUT2D eigenvalue weighted by Crippen LogP contribution is -2.28. The average Bonchev–Trinajstić information content (AvgIpc) is 2.35. The Morgan fingerprint density at radius 1 is 1.22 bits per heavy atom. The van der Waals surface area contributed by atoms with Crippen LogP contribution in [0.2, 0.25) is 0 Å². The smallest absolute Gasteiger partial charge is 0.226 e. The summed E-state index contributed by atoms with van der Waals surface area (Å²) in [6.07, 6.45) is 0. The molecule has 1 N–H and O–H groups in total. The van der Waals surface area contributed by atoms with E-state index in [0.717, 1.165) is 23.1 Å². The van der Waals surface area contributed by atoms with Crippen molar-refractivity contribution in [3.63, 3.8) is 0 Å². The molecule has 0 fully saturated rings. The van der Waals surface area contributed by atoms with Gasteiger partial charge < -0.3 is 10.0 Å². The molecule has 1 aromatic carbocycles. The van der Waals surface area contributed by atoms with Crippen LogP contribution in [-0.4, -0.2) is 34.8 Å². The monoisotopic (exact) mass is 245 g/mol. The largest absolute Gasteiger partial charge is 0.395 e. The van der Waals surface area contributed by atoms with Gasteiger partial charge in [0.15, 0.2) is 0 Å². The average molecular weight is 245 g/mol. The van der Waals surface area contributed by atoms with Crippen LogP contribution in [0, 0.1) is 13.8 Å². The number of aliphatic hydroxyl groups excluding tert-OH is 1. The predicted molar refractivity (Wildman–Crippen MR) is 74.0 cm³/mol. The summed E-state index contributed by atoms with van der Waals surface area (Å²) in [6, 6.07) is 6.20. The van der Waals surface area contributed by atoms with Gasteiger partial charge in [-0.1, -0.05) is 12.1 Å². The Labute approximate surface area is 107 Å². The number of hydrogen-bond acceptors (Lipinski definition) is 4. The van der Waals surface area contributed by atoms with E-state index in [-0.39, 0.29) is 6.61 Å². The summed E-state index contributed by atoms with van der Waals surface area (Å²) < 4.78 is 0. The van der Waals surface area contributed by atoms with Crippen molar-refractivity contribution in [2.24, 2.45) is 0 Å². The zero-order valence-electron chi connectivity index (χ0n) is 11.1. The SMILES string of the molecule is CCN(CCO)c1nc(C)c2ccc(C)cc2n1. The van der Waals surface area contributed by atoms with Gasteiger partial charge >= 0.3 is 0 Å². The van der Waals surface area contributed by atoms with Crippen molar-refractivity contribution >= 4 is 16.9 Å². The summed E-state index contributed by atoms with van der Waals surface area (Å²) in [6.45, 7) is 7.55. The van der Waals surface area contributed by atoms with E-state index in [4.69, 9.17) is 5.11 Å². The van der Waals surface area contributed by atoms with Crippen LogP contribution < -0.4 is 4.90 Å². The van der Waals surface area contributed by atoms with Crippen molar-refractivity contribution in [2.75, 3.05) is 24.6 Å². The molecule has 4 nitrogen and oxygen atoms in total. The van der Waals surface area contributed by atoms with Crippen LogP contribution >= 0.6 is 0 Å². The lowest BCUT2D eigenvalue weighted by Gasteiger charge is -2.20. The van der Waals surface area contributed by atoms with Gasteiger partial charge in [0.05, 0.1) is 17.8 Å². The van der Waals surface area contributed by atoms with Crippen LogP contribution in [0.15, 0.2) is 18.2 Å². The lowest BCUT2D eigenvalue weighted by molar-refractivity contribution is 0.302. The minimum atomic E-state index is 0.113. The van der Waals surface area contributed by atoms with Gasteiger partial charge in [-0.15, -0.1) is 0 Å². The highest BCUT2D eigenvalue weighted by molar-refractivity contribution is 5.82. The van der Waals surface area contributed by atoms with Gasteiger partial charge in [0.2, 0.25) is 5.95 Å². The first-order chi connectivity index (χ1) is 8.65. The van der Waals surface area contributed by atoms with Gasteiger partial charge in [-0.3, -0.25) is 0 Å². The van der Waals surface area contributed by atoms with E-state index in [1.54, 1.807) is 0 Å². The first-order valence-corrected chi connectivity index (χ1v) is 6.26. The molecule has 0 saturated heterocycles. The number of aryl methyl sites for hydroxylation is 2. The van der Waals surface area contributed by atoms with Crippen molar-refractivity contribution in [1.29, 1.82) is 0 Å². The summed E-state index contributed by atoms with van der Waals surface area (Å²) in [5, 5.41) is 10.1. The van der Waals surface area contributed by atoms with Gasteiger partial charge in [-0.05, 0) is 32.4 Å². The number of aliphatic hydroxyl groups is 1. The zero-order chi connectivity index (χ0) is 13.1. The summed E-state index contributed by atoms with van der Waals surface area (Å²) in [7, 11) is 0. The lowest BCUT2D eigenvalue weighted by atomic mass is 10.1. The minimum Gasteiger partial charge on any atom is -0.395 e. The van der Waals surface area contributed by atoms with Crippen molar-refractivity contribution in [2.45, 2.75) is 20.8 Å². The highest BCUT2D eigenvalue weighted by Gasteiger charge is 2.10. The Balaban J connectivity index is 2.52. The number of anilines is 1. The Kier molecular flexibility index (Phi) is 3.77. The molecule has 2 rings (SSSR count). The molecule has 0 spiro atoms. The Hall–Kier alpha value is -1.68. The molecule has 1 heterocycles. The fourth-order valence-corrected chi connectivity index (χ4v) is 2.04. The van der Waals surface area contributed by atoms with E-state index in [9.17, 15) is 0 Å². The van der Waals surface area contributed by atoms with Crippen molar-refractivity contribution in [1.82, 2.24) is 9.97 Å². The highest BCUT2D eigenvalue weighted by atomic mass is 16.3. The number of fused-ring (bicyclic) bond motifs is 1. The second-order valence-electron chi connectivity index (χ2n) is 4.43. The van der Waals surface area contributed by atoms with E-state index < -0.39 is 0 Å². The number of hydrogen-bond donors (Lipinski definition) is 1. The highest BCUT2D eigenvalue weighted by Crippen LogP contribution is 2.20. The molecule has 0 aliphatic rings. The van der Waals surface area contributed by atoms with Gasteiger partial charge in [-0.25, -0.2) is 9.97 Å². The zero-order valence-corrected chi connectivity index (χ0v) is 11.1. The molecule has 0 aliphatic carbocycles. The van der Waals surface area contributed by atoms with Crippen LogP contribution in [-0.2, 0) is 0 Å². The molecule has 0 radical (unpaired) electrons. The van der Waals surface area contributed by atoms with Gasteiger partial charge in [-0.2, -0.15) is 0 Å². The van der Waals surface area contributed by atoms with Crippen molar-refractivity contribution in [3.8, 4) is 0 Å². The van der Waals surface area contributed by atoms with Crippen LogP contribution in [0.25, 0.3) is 10.9 Å². The van der Waals surface area contributed by atoms with E-state index in [0.29, 0.717) is 12.5 Å². The maximum Gasteiger partial charge on any atom is 0.226 e. The van der Waals surface area contributed by atoms with Crippen molar-refractivity contribution in [3.05, 3.63) is 29.5 Å². The summed E-state index contributed by atoms with van der Waals surface area (Å²) >= 11 is 0. The third-order valence-electron chi connectivity index (χ3n) is 3.07. The predicted octanol–water partition coefficient (Wildman–Crippen LogP) is 2.07. The molecule has 2 aromatic rings. The maximum absolute atomic E-state index is 9.06. The molecule has 0 atom stereocenters. The van der Waals surface area contributed by atoms with Crippen LogP contribution in [0.4, 0.5) is 5.95 Å². The molecule has 96 valence electrons. The molecule has 0 unspecified atom stereocenters. The van der Waals surface area contributed by atoms with E-state index in [1.165, 1.54) is 5.56 Å². The molecule has 18 heavy (non-hydrogen) atoms. The quantitative estimate of drug-likeness (QED) is 0.895. The van der Waals surface area contributed by atoms with Crippen molar-refractivity contribution < 1.29 is 5.11 Å². The van der Waals surface area contributed by atoms with E-state index in [2.05, 4.69) is 35.1 Å². The van der Waals surface area contributed by atoms with Gasteiger partial charge in [0, 0.05) is 18.5 Å². The van der Waals surface area contributed by atoms with Gasteiger partial charge in [0.25, 0.3) is 0 Å². The van der Waals surface area contributed by atoms with E-state index in [1.807, 2.05) is 18.7 Å². The number of aromatic nitrogens is 2. The Bertz CT molecular complexity index is 554.